The number of benzene rings is 1. The second-order valence-electron chi connectivity index (χ2n) is 6.66. The predicted molar refractivity (Wildman–Crippen MR) is 94.3 cm³/mol. The normalized spacial score (nSPS) is 25.3. The number of carbonyl (C=O) groups excluding carboxylic acids is 1. The van der Waals surface area contributed by atoms with E-state index < -0.39 is 0 Å². The molecule has 1 aliphatic carbocycles. The largest absolute Gasteiger partial charge is 0.495 e. The number of hydrogen-bond donors (Lipinski definition) is 0. The topological polar surface area (TPSA) is 38.8 Å². The molecule has 0 unspecified atom stereocenters. The lowest BCUT2D eigenvalue weighted by Crippen LogP contribution is -2.46. The minimum Gasteiger partial charge on any atom is -0.495 e. The first-order valence-corrected chi connectivity index (χ1v) is 8.83. The molecular formula is C19H24ClNO3. The summed E-state index contributed by atoms with van der Waals surface area (Å²) in [5.74, 6) is 1.13. The molecule has 24 heavy (non-hydrogen) atoms. The SMILES string of the molecule is C=CC(=O)N(Cc1ccc(OC)c(Cl)c1)C[C@]12CCC[C@H]1CCO2. The van der Waals surface area contributed by atoms with Gasteiger partial charge in [-0.2, -0.15) is 0 Å². The Labute approximate surface area is 148 Å². The highest BCUT2D eigenvalue weighted by atomic mass is 35.5. The molecule has 1 aliphatic heterocycles. The lowest BCUT2D eigenvalue weighted by molar-refractivity contribution is -0.131. The highest BCUT2D eigenvalue weighted by molar-refractivity contribution is 6.32. The van der Waals surface area contributed by atoms with Gasteiger partial charge in [0.05, 0.1) is 24.3 Å². The number of rotatable bonds is 6. The van der Waals surface area contributed by atoms with Crippen LogP contribution in [-0.2, 0) is 16.1 Å². The van der Waals surface area contributed by atoms with Crippen molar-refractivity contribution in [2.24, 2.45) is 5.92 Å². The fourth-order valence-corrected chi connectivity index (χ4v) is 4.34. The van der Waals surface area contributed by atoms with Crippen molar-refractivity contribution < 1.29 is 14.3 Å². The van der Waals surface area contributed by atoms with Gasteiger partial charge >= 0.3 is 0 Å². The van der Waals surface area contributed by atoms with Crippen LogP contribution >= 0.6 is 11.6 Å². The summed E-state index contributed by atoms with van der Waals surface area (Å²) in [6.07, 6.45) is 5.88. The molecule has 130 valence electrons. The zero-order valence-electron chi connectivity index (χ0n) is 14.1. The van der Waals surface area contributed by atoms with E-state index in [1.165, 1.54) is 18.9 Å². The maximum absolute atomic E-state index is 12.4. The van der Waals surface area contributed by atoms with Gasteiger partial charge in [0.25, 0.3) is 0 Å². The molecule has 3 rings (SSSR count). The standard InChI is InChI=1S/C19H24ClNO3/c1-3-18(22)21(12-14-6-7-17(23-2)16(20)11-14)13-19-9-4-5-15(19)8-10-24-19/h3,6-7,11,15H,1,4-5,8-10,12-13H2,2H3/t15-,19+/m0/s1. The maximum atomic E-state index is 12.4. The van der Waals surface area contributed by atoms with E-state index in [0.717, 1.165) is 25.0 Å². The minimum absolute atomic E-state index is 0.0718. The van der Waals surface area contributed by atoms with Crippen LogP contribution in [0.3, 0.4) is 0 Å². The van der Waals surface area contributed by atoms with E-state index in [-0.39, 0.29) is 11.5 Å². The summed E-state index contributed by atoms with van der Waals surface area (Å²) in [5, 5.41) is 0.551. The molecule has 1 aromatic carbocycles. The molecular weight excluding hydrogens is 326 g/mol. The molecule has 2 fully saturated rings. The van der Waals surface area contributed by atoms with E-state index in [4.69, 9.17) is 21.1 Å². The molecule has 0 bridgehead atoms. The Bertz CT molecular complexity index is 621. The predicted octanol–water partition coefficient (Wildman–Crippen LogP) is 3.82. The Morgan fingerprint density at radius 1 is 1.54 bits per heavy atom. The molecule has 2 atom stereocenters. The number of amides is 1. The summed E-state index contributed by atoms with van der Waals surface area (Å²) in [6.45, 7) is 5.56. The second kappa shape index (κ2) is 7.16. The third-order valence-electron chi connectivity index (χ3n) is 5.29. The van der Waals surface area contributed by atoms with E-state index in [9.17, 15) is 4.79 Å². The van der Waals surface area contributed by atoms with Gasteiger partial charge in [-0.1, -0.05) is 30.7 Å². The Kier molecular flexibility index (Phi) is 5.16. The average molecular weight is 350 g/mol. The molecule has 1 amide bonds. The fraction of sp³-hybridized carbons (Fsp3) is 0.526. The number of halogens is 1. The van der Waals surface area contributed by atoms with E-state index in [1.54, 1.807) is 7.11 Å². The second-order valence-corrected chi connectivity index (χ2v) is 7.07. The Morgan fingerprint density at radius 3 is 3.08 bits per heavy atom. The number of nitrogens with zero attached hydrogens (tertiary/aromatic N) is 1. The van der Waals surface area contributed by atoms with E-state index in [0.29, 0.717) is 29.8 Å². The van der Waals surface area contributed by atoms with Crippen molar-refractivity contribution in [2.75, 3.05) is 20.3 Å². The number of ether oxygens (including phenoxy) is 2. The first-order valence-electron chi connectivity index (χ1n) is 8.46. The molecule has 0 N–H and O–H groups in total. The quantitative estimate of drug-likeness (QED) is 0.733. The van der Waals surface area contributed by atoms with Gasteiger partial charge in [-0.15, -0.1) is 0 Å². The molecule has 0 aromatic heterocycles. The van der Waals surface area contributed by atoms with Gasteiger partial charge in [0.1, 0.15) is 5.75 Å². The lowest BCUT2D eigenvalue weighted by Gasteiger charge is -2.35. The number of methoxy groups -OCH3 is 1. The monoisotopic (exact) mass is 349 g/mol. The van der Waals surface area contributed by atoms with Crippen LogP contribution in [0.4, 0.5) is 0 Å². The van der Waals surface area contributed by atoms with Crippen LogP contribution in [0.5, 0.6) is 5.75 Å². The Balaban J connectivity index is 1.78. The minimum atomic E-state index is -0.172. The summed E-state index contributed by atoms with van der Waals surface area (Å²) >= 11 is 6.21. The summed E-state index contributed by atoms with van der Waals surface area (Å²) in [5.41, 5.74) is 0.800. The third-order valence-corrected chi connectivity index (χ3v) is 5.58. The van der Waals surface area contributed by atoms with Crippen LogP contribution in [0.1, 0.15) is 31.2 Å². The Morgan fingerprint density at radius 2 is 2.38 bits per heavy atom. The molecule has 1 saturated heterocycles. The molecule has 4 nitrogen and oxygen atoms in total. The molecule has 0 spiro atoms. The van der Waals surface area contributed by atoms with Crippen LogP contribution < -0.4 is 4.74 Å². The molecule has 1 heterocycles. The molecule has 1 aromatic rings. The summed E-state index contributed by atoms with van der Waals surface area (Å²) < 4.78 is 11.3. The third kappa shape index (κ3) is 3.31. The zero-order valence-corrected chi connectivity index (χ0v) is 14.8. The van der Waals surface area contributed by atoms with Gasteiger partial charge in [-0.3, -0.25) is 4.79 Å². The molecule has 0 radical (unpaired) electrons. The number of carbonyl (C=O) groups is 1. The van der Waals surface area contributed by atoms with E-state index in [1.807, 2.05) is 23.1 Å². The lowest BCUT2D eigenvalue weighted by atomic mass is 9.90. The van der Waals surface area contributed by atoms with Gasteiger partial charge < -0.3 is 14.4 Å². The fourth-order valence-electron chi connectivity index (χ4n) is 4.06. The highest BCUT2D eigenvalue weighted by Crippen LogP contribution is 2.46. The number of fused-ring (bicyclic) bond motifs is 1. The van der Waals surface area contributed by atoms with Crippen molar-refractivity contribution in [1.82, 2.24) is 4.90 Å². The van der Waals surface area contributed by atoms with Crippen molar-refractivity contribution in [3.05, 3.63) is 41.4 Å². The molecule has 2 aliphatic rings. The summed E-state index contributed by atoms with van der Waals surface area (Å²) in [4.78, 5) is 14.2. The van der Waals surface area contributed by atoms with Gasteiger partial charge in [0.15, 0.2) is 0 Å². The maximum Gasteiger partial charge on any atom is 0.246 e. The van der Waals surface area contributed by atoms with E-state index in [2.05, 4.69) is 6.58 Å². The summed E-state index contributed by atoms with van der Waals surface area (Å²) in [6, 6.07) is 5.62. The van der Waals surface area contributed by atoms with Crippen molar-refractivity contribution in [1.29, 1.82) is 0 Å². The smallest absolute Gasteiger partial charge is 0.246 e. The van der Waals surface area contributed by atoms with Crippen LogP contribution in [0.2, 0.25) is 5.02 Å². The number of hydrogen-bond acceptors (Lipinski definition) is 3. The van der Waals surface area contributed by atoms with Crippen LogP contribution in [0, 0.1) is 5.92 Å². The van der Waals surface area contributed by atoms with Crippen LogP contribution in [0.15, 0.2) is 30.9 Å². The van der Waals surface area contributed by atoms with Crippen LogP contribution in [0.25, 0.3) is 0 Å². The van der Waals surface area contributed by atoms with Crippen molar-refractivity contribution in [2.45, 2.75) is 37.8 Å². The summed E-state index contributed by atoms with van der Waals surface area (Å²) in [7, 11) is 1.59. The van der Waals surface area contributed by atoms with Crippen molar-refractivity contribution in [3.8, 4) is 5.75 Å². The Hall–Kier alpha value is -1.52. The van der Waals surface area contributed by atoms with Gasteiger partial charge in [-0.25, -0.2) is 0 Å². The van der Waals surface area contributed by atoms with Gasteiger partial charge in [-0.05, 0) is 49.0 Å². The zero-order chi connectivity index (χ0) is 17.2. The van der Waals surface area contributed by atoms with Crippen LogP contribution in [-0.4, -0.2) is 36.7 Å². The average Bonchev–Trinajstić information content (AvgIpc) is 3.13. The first-order chi connectivity index (χ1) is 11.6. The van der Waals surface area contributed by atoms with Crippen molar-refractivity contribution >= 4 is 17.5 Å². The first kappa shape index (κ1) is 17.3. The highest BCUT2D eigenvalue weighted by Gasteiger charge is 2.48. The molecule has 5 heteroatoms. The van der Waals surface area contributed by atoms with Gasteiger partial charge in [0.2, 0.25) is 5.91 Å². The van der Waals surface area contributed by atoms with E-state index >= 15 is 0 Å². The van der Waals surface area contributed by atoms with Crippen molar-refractivity contribution in [3.63, 3.8) is 0 Å². The molecule has 1 saturated carbocycles. The van der Waals surface area contributed by atoms with Gasteiger partial charge in [0, 0.05) is 13.2 Å².